The minimum atomic E-state index is -2.03. The number of hydrogen-bond donors (Lipinski definition) is 1. The Balaban J connectivity index is 2.87. The quantitative estimate of drug-likeness (QED) is 0.555. The van der Waals surface area contributed by atoms with Crippen LogP contribution in [0.2, 0.25) is 5.02 Å². The van der Waals surface area contributed by atoms with Gasteiger partial charge in [-0.15, -0.1) is 0 Å². The molecule has 9 nitrogen and oxygen atoms in total. The molecule has 0 aliphatic rings. The summed E-state index contributed by atoms with van der Waals surface area (Å²) in [5.74, 6) is -1.23. The van der Waals surface area contributed by atoms with Crippen molar-refractivity contribution in [3.8, 4) is 5.75 Å². The summed E-state index contributed by atoms with van der Waals surface area (Å²) in [5.41, 5.74) is -3.22. The van der Waals surface area contributed by atoms with Crippen molar-refractivity contribution in [3.63, 3.8) is 0 Å². The highest BCUT2D eigenvalue weighted by Crippen LogP contribution is 2.43. The average molecular weight is 395 g/mol. The molecule has 10 heteroatoms. The van der Waals surface area contributed by atoms with Gasteiger partial charge in [0.05, 0.1) is 22.0 Å². The molecule has 0 heterocycles. The van der Waals surface area contributed by atoms with Crippen LogP contribution in [0.3, 0.4) is 0 Å². The third kappa shape index (κ3) is 3.68. The van der Waals surface area contributed by atoms with Crippen LogP contribution in [0.25, 0.3) is 0 Å². The van der Waals surface area contributed by atoms with E-state index in [0.717, 1.165) is 18.2 Å². The number of carbonyl (C=O) groups is 1. The van der Waals surface area contributed by atoms with Gasteiger partial charge in [-0.05, 0) is 37.6 Å². The summed E-state index contributed by atoms with van der Waals surface area (Å²) < 4.78 is 5.33. The molecular formula is C17H15ClN2O7. The molecule has 2 rings (SSSR count). The minimum absolute atomic E-state index is 0.0680. The average Bonchev–Trinajstić information content (AvgIpc) is 2.61. The van der Waals surface area contributed by atoms with Gasteiger partial charge in [-0.25, -0.2) is 0 Å². The lowest BCUT2D eigenvalue weighted by atomic mass is 9.75. The summed E-state index contributed by atoms with van der Waals surface area (Å²) in [6, 6.07) is 7.04. The maximum atomic E-state index is 12.2. The van der Waals surface area contributed by atoms with Gasteiger partial charge in [-0.2, -0.15) is 0 Å². The second-order valence-corrected chi connectivity index (χ2v) is 6.13. The molecule has 1 atom stereocenters. The topological polar surface area (TPSA) is 133 Å². The summed E-state index contributed by atoms with van der Waals surface area (Å²) >= 11 is 6.13. The van der Waals surface area contributed by atoms with Crippen LogP contribution in [0.1, 0.15) is 25.0 Å². The fourth-order valence-electron chi connectivity index (χ4n) is 2.72. The number of nitro groups is 2. The third-order valence-corrected chi connectivity index (χ3v) is 4.47. The second-order valence-electron chi connectivity index (χ2n) is 5.72. The second kappa shape index (κ2) is 7.58. The molecular weight excluding hydrogens is 380 g/mol. The fourth-order valence-corrected chi connectivity index (χ4v) is 3.02. The Hall–Kier alpha value is -3.20. The van der Waals surface area contributed by atoms with Gasteiger partial charge < -0.3 is 9.84 Å². The number of benzene rings is 2. The van der Waals surface area contributed by atoms with Crippen LogP contribution in [0.15, 0.2) is 36.4 Å². The monoisotopic (exact) mass is 394 g/mol. The Kier molecular flexibility index (Phi) is 5.65. The van der Waals surface area contributed by atoms with Gasteiger partial charge in [0, 0.05) is 23.2 Å². The smallest absolute Gasteiger partial charge is 0.318 e. The lowest BCUT2D eigenvalue weighted by molar-refractivity contribution is -0.386. The van der Waals surface area contributed by atoms with E-state index in [1.165, 1.54) is 25.1 Å². The molecule has 0 aromatic heterocycles. The normalized spacial score (nSPS) is 12.9. The van der Waals surface area contributed by atoms with Gasteiger partial charge in [0.15, 0.2) is 0 Å². The summed E-state index contributed by atoms with van der Waals surface area (Å²) in [5, 5.41) is 32.4. The molecule has 142 valence electrons. The summed E-state index contributed by atoms with van der Waals surface area (Å²) in [4.78, 5) is 33.4. The molecule has 2 aromatic rings. The molecule has 0 aliphatic heterocycles. The first-order valence-electron chi connectivity index (χ1n) is 7.72. The Morgan fingerprint density at radius 1 is 1.15 bits per heavy atom. The van der Waals surface area contributed by atoms with Crippen LogP contribution >= 0.6 is 11.6 Å². The molecule has 0 aliphatic carbocycles. The zero-order valence-corrected chi connectivity index (χ0v) is 15.1. The zero-order valence-electron chi connectivity index (χ0n) is 14.3. The third-order valence-electron chi connectivity index (χ3n) is 4.14. The predicted molar refractivity (Wildman–Crippen MR) is 96.5 cm³/mol. The molecule has 0 fully saturated rings. The minimum Gasteiger partial charge on any atom is -0.494 e. The lowest BCUT2D eigenvalue weighted by Crippen LogP contribution is -2.35. The van der Waals surface area contributed by atoms with Crippen molar-refractivity contribution in [2.45, 2.75) is 19.3 Å². The van der Waals surface area contributed by atoms with Crippen molar-refractivity contribution >= 4 is 28.9 Å². The first kappa shape index (κ1) is 20.1. The van der Waals surface area contributed by atoms with Crippen LogP contribution in [0, 0.1) is 20.2 Å². The van der Waals surface area contributed by atoms with E-state index in [1.807, 2.05) is 0 Å². The van der Waals surface area contributed by atoms with Crippen molar-refractivity contribution in [2.75, 3.05) is 6.61 Å². The van der Waals surface area contributed by atoms with Gasteiger partial charge in [0.2, 0.25) is 0 Å². The van der Waals surface area contributed by atoms with Crippen molar-refractivity contribution in [1.82, 2.24) is 0 Å². The molecule has 27 heavy (non-hydrogen) atoms. The Labute approximate surface area is 158 Å². The van der Waals surface area contributed by atoms with E-state index in [9.17, 15) is 30.1 Å². The molecule has 0 bridgehead atoms. The van der Waals surface area contributed by atoms with E-state index in [-0.39, 0.29) is 34.2 Å². The molecule has 0 radical (unpaired) electrons. The molecule has 0 amide bonds. The number of halogens is 1. The van der Waals surface area contributed by atoms with Crippen molar-refractivity contribution in [1.29, 1.82) is 0 Å². The number of aliphatic carboxylic acids is 1. The fraction of sp³-hybridized carbons (Fsp3) is 0.235. The van der Waals surface area contributed by atoms with Crippen molar-refractivity contribution in [3.05, 3.63) is 72.8 Å². The van der Waals surface area contributed by atoms with E-state index in [0.29, 0.717) is 0 Å². The van der Waals surface area contributed by atoms with E-state index >= 15 is 0 Å². The maximum Gasteiger partial charge on any atom is 0.318 e. The van der Waals surface area contributed by atoms with Crippen LogP contribution < -0.4 is 4.74 Å². The van der Waals surface area contributed by atoms with E-state index < -0.39 is 26.9 Å². The summed E-state index contributed by atoms with van der Waals surface area (Å²) in [6.45, 7) is 3.17. The highest BCUT2D eigenvalue weighted by atomic mass is 35.5. The molecule has 0 saturated heterocycles. The number of nitrogens with zero attached hydrogens (tertiary/aromatic N) is 2. The van der Waals surface area contributed by atoms with Crippen LogP contribution in [-0.4, -0.2) is 27.5 Å². The van der Waals surface area contributed by atoms with Crippen LogP contribution in [0.5, 0.6) is 5.75 Å². The summed E-state index contributed by atoms with van der Waals surface area (Å²) in [6.07, 6.45) is 0. The number of non-ortho nitro benzene ring substituents is 1. The van der Waals surface area contributed by atoms with Crippen molar-refractivity contribution < 1.29 is 24.5 Å². The van der Waals surface area contributed by atoms with Gasteiger partial charge in [0.25, 0.3) is 11.4 Å². The largest absolute Gasteiger partial charge is 0.494 e. The number of carboxylic acids is 1. The van der Waals surface area contributed by atoms with E-state index in [1.54, 1.807) is 6.92 Å². The van der Waals surface area contributed by atoms with Crippen molar-refractivity contribution in [2.24, 2.45) is 0 Å². The number of ether oxygens (including phenoxy) is 1. The molecule has 1 unspecified atom stereocenters. The molecule has 1 N–H and O–H groups in total. The van der Waals surface area contributed by atoms with Gasteiger partial charge >= 0.3 is 5.97 Å². The van der Waals surface area contributed by atoms with Crippen LogP contribution in [0.4, 0.5) is 11.4 Å². The first-order valence-corrected chi connectivity index (χ1v) is 8.10. The Morgan fingerprint density at radius 2 is 1.81 bits per heavy atom. The highest BCUT2D eigenvalue weighted by molar-refractivity contribution is 6.32. The zero-order chi connectivity index (χ0) is 20.4. The van der Waals surface area contributed by atoms with Gasteiger partial charge in [0.1, 0.15) is 11.2 Å². The number of rotatable bonds is 7. The summed E-state index contributed by atoms with van der Waals surface area (Å²) in [7, 11) is 0. The molecule has 0 saturated carbocycles. The van der Waals surface area contributed by atoms with Gasteiger partial charge in [-0.1, -0.05) is 11.6 Å². The SMILES string of the molecule is CCOc1ccc([N+](=O)[O-])c(C(C)(C(=O)O)c2cc([N+](=O)[O-])ccc2Cl)c1. The predicted octanol–water partition coefficient (Wildman–Crippen LogP) is 3.95. The maximum absolute atomic E-state index is 12.2. The number of nitro benzene ring substituents is 2. The van der Waals surface area contributed by atoms with E-state index in [4.69, 9.17) is 16.3 Å². The van der Waals surface area contributed by atoms with E-state index in [2.05, 4.69) is 0 Å². The number of carboxylic acid groups (broad SMARTS) is 1. The lowest BCUT2D eigenvalue weighted by Gasteiger charge is -2.27. The van der Waals surface area contributed by atoms with Gasteiger partial charge in [-0.3, -0.25) is 25.0 Å². The standard InChI is InChI=1S/C17H15ClN2O7/c1-3-27-11-5-7-15(20(25)26)13(9-11)17(2,16(21)22)12-8-10(19(23)24)4-6-14(12)18/h4-9H,3H2,1-2H3,(H,21,22). The Bertz CT molecular complexity index is 931. The first-order chi connectivity index (χ1) is 12.6. The van der Waals surface area contributed by atoms with Crippen LogP contribution in [-0.2, 0) is 10.2 Å². The highest BCUT2D eigenvalue weighted by Gasteiger charge is 2.44. The Morgan fingerprint density at radius 3 is 2.33 bits per heavy atom. The molecule has 2 aromatic carbocycles. The number of hydrogen-bond acceptors (Lipinski definition) is 6. The molecule has 0 spiro atoms.